The Labute approximate surface area is 187 Å². The average Bonchev–Trinajstić information content (AvgIpc) is 3.13. The summed E-state index contributed by atoms with van der Waals surface area (Å²) >= 11 is 5.39. The van der Waals surface area contributed by atoms with E-state index in [0.717, 1.165) is 22.6 Å². The fraction of sp³-hybridized carbons (Fsp3) is 0.160. The van der Waals surface area contributed by atoms with Crippen LogP contribution in [0.15, 0.2) is 84.0 Å². The van der Waals surface area contributed by atoms with Gasteiger partial charge in [0.1, 0.15) is 11.5 Å². The molecule has 0 fully saturated rings. The first-order chi connectivity index (χ1) is 14.9. The lowest BCUT2D eigenvalue weighted by Gasteiger charge is -2.18. The molecule has 0 bridgehead atoms. The summed E-state index contributed by atoms with van der Waals surface area (Å²) in [6.45, 7) is 6.58. The van der Waals surface area contributed by atoms with Crippen LogP contribution in [-0.4, -0.2) is 21.1 Å². The largest absolute Gasteiger partial charge is 0.457 e. The SMILES string of the molecule is CC(C)(C)c1ccc(-c2n[nH]c(=S)n2/N=C\c2cccc(Oc3ccccc3)c2)cc1. The third kappa shape index (κ3) is 4.98. The number of ether oxygens (including phenoxy) is 1. The van der Waals surface area contributed by atoms with Gasteiger partial charge in [-0.15, -0.1) is 0 Å². The Balaban J connectivity index is 1.59. The summed E-state index contributed by atoms with van der Waals surface area (Å²) in [5.74, 6) is 2.19. The molecule has 6 heteroatoms. The first kappa shape index (κ1) is 20.8. The lowest BCUT2D eigenvalue weighted by atomic mass is 9.87. The van der Waals surface area contributed by atoms with Crippen molar-refractivity contribution in [3.05, 3.63) is 94.8 Å². The van der Waals surface area contributed by atoms with E-state index in [2.05, 4.69) is 48.2 Å². The van der Waals surface area contributed by atoms with Crippen LogP contribution >= 0.6 is 12.2 Å². The number of aromatic amines is 1. The number of para-hydroxylation sites is 1. The van der Waals surface area contributed by atoms with Crippen LogP contribution in [0.4, 0.5) is 0 Å². The first-order valence-electron chi connectivity index (χ1n) is 10.1. The molecule has 5 nitrogen and oxygen atoms in total. The van der Waals surface area contributed by atoms with Crippen LogP contribution < -0.4 is 4.74 Å². The fourth-order valence-corrected chi connectivity index (χ4v) is 3.29. The molecule has 0 amide bonds. The van der Waals surface area contributed by atoms with Gasteiger partial charge in [0.15, 0.2) is 5.82 Å². The molecule has 156 valence electrons. The molecule has 3 aromatic carbocycles. The van der Waals surface area contributed by atoms with Crippen LogP contribution in [0.2, 0.25) is 0 Å². The number of nitrogens with zero attached hydrogens (tertiary/aromatic N) is 3. The van der Waals surface area contributed by atoms with E-state index in [-0.39, 0.29) is 5.41 Å². The van der Waals surface area contributed by atoms with Gasteiger partial charge in [-0.25, -0.2) is 5.10 Å². The molecular weight excluding hydrogens is 404 g/mol. The third-order valence-electron chi connectivity index (χ3n) is 4.82. The standard InChI is InChI=1S/C25H24N4OS/c1-25(2,3)20-14-12-19(13-15-20)23-27-28-24(31)29(23)26-17-18-8-7-11-22(16-18)30-21-9-5-4-6-10-21/h4-17H,1-3H3,(H,28,31)/b26-17-. The van der Waals surface area contributed by atoms with Crippen molar-refractivity contribution in [1.82, 2.24) is 14.9 Å². The average molecular weight is 429 g/mol. The number of hydrogen-bond donors (Lipinski definition) is 1. The van der Waals surface area contributed by atoms with Crippen molar-refractivity contribution in [3.63, 3.8) is 0 Å². The molecule has 0 atom stereocenters. The highest BCUT2D eigenvalue weighted by Gasteiger charge is 2.14. The van der Waals surface area contributed by atoms with Gasteiger partial charge in [0.05, 0.1) is 6.21 Å². The van der Waals surface area contributed by atoms with E-state index in [0.29, 0.717) is 10.6 Å². The van der Waals surface area contributed by atoms with Crippen LogP contribution in [0.25, 0.3) is 11.4 Å². The van der Waals surface area contributed by atoms with Gasteiger partial charge in [-0.05, 0) is 53.0 Å². The minimum Gasteiger partial charge on any atom is -0.457 e. The Bertz CT molecular complexity index is 1250. The maximum atomic E-state index is 5.90. The second-order valence-corrected chi connectivity index (χ2v) is 8.61. The van der Waals surface area contributed by atoms with Crippen molar-refractivity contribution in [2.45, 2.75) is 26.2 Å². The molecule has 0 aliphatic carbocycles. The van der Waals surface area contributed by atoms with Crippen molar-refractivity contribution >= 4 is 18.4 Å². The Morgan fingerprint density at radius 2 is 1.65 bits per heavy atom. The summed E-state index contributed by atoms with van der Waals surface area (Å²) in [6.07, 6.45) is 1.75. The number of aromatic nitrogens is 3. The summed E-state index contributed by atoms with van der Waals surface area (Å²) < 4.78 is 7.97. The van der Waals surface area contributed by atoms with E-state index < -0.39 is 0 Å². The van der Waals surface area contributed by atoms with Gasteiger partial charge >= 0.3 is 0 Å². The summed E-state index contributed by atoms with van der Waals surface area (Å²) in [5.41, 5.74) is 3.19. The molecule has 0 aliphatic heterocycles. The molecule has 1 N–H and O–H groups in total. The Hall–Kier alpha value is -3.51. The Morgan fingerprint density at radius 3 is 2.35 bits per heavy atom. The van der Waals surface area contributed by atoms with E-state index in [9.17, 15) is 0 Å². The van der Waals surface area contributed by atoms with Gasteiger partial charge < -0.3 is 4.74 Å². The van der Waals surface area contributed by atoms with Gasteiger partial charge in [-0.3, -0.25) is 0 Å². The summed E-state index contributed by atoms with van der Waals surface area (Å²) in [5, 5.41) is 11.8. The zero-order valence-electron chi connectivity index (χ0n) is 17.7. The van der Waals surface area contributed by atoms with Gasteiger partial charge in [0, 0.05) is 5.56 Å². The molecule has 0 radical (unpaired) electrons. The molecule has 31 heavy (non-hydrogen) atoms. The summed E-state index contributed by atoms with van der Waals surface area (Å²) in [4.78, 5) is 0. The summed E-state index contributed by atoms with van der Waals surface area (Å²) in [7, 11) is 0. The summed E-state index contributed by atoms with van der Waals surface area (Å²) in [6, 6.07) is 25.7. The van der Waals surface area contributed by atoms with Crippen molar-refractivity contribution < 1.29 is 4.74 Å². The smallest absolute Gasteiger partial charge is 0.216 e. The van der Waals surface area contributed by atoms with E-state index in [1.165, 1.54) is 5.56 Å². The zero-order chi connectivity index (χ0) is 21.8. The Morgan fingerprint density at radius 1 is 0.935 bits per heavy atom. The lowest BCUT2D eigenvalue weighted by Crippen LogP contribution is -2.10. The first-order valence-corrected chi connectivity index (χ1v) is 10.5. The normalized spacial score (nSPS) is 11.7. The molecule has 0 spiro atoms. The monoisotopic (exact) mass is 428 g/mol. The minimum atomic E-state index is 0.0915. The maximum absolute atomic E-state index is 5.90. The predicted molar refractivity (Wildman–Crippen MR) is 127 cm³/mol. The highest BCUT2D eigenvalue weighted by atomic mass is 32.1. The van der Waals surface area contributed by atoms with Crippen LogP contribution in [0.5, 0.6) is 11.5 Å². The number of rotatable bonds is 5. The number of hydrogen-bond acceptors (Lipinski definition) is 4. The van der Waals surface area contributed by atoms with Crippen molar-refractivity contribution in [2.24, 2.45) is 5.10 Å². The van der Waals surface area contributed by atoms with Crippen molar-refractivity contribution in [2.75, 3.05) is 0 Å². The molecular formula is C25H24N4OS. The molecule has 4 rings (SSSR count). The minimum absolute atomic E-state index is 0.0915. The second kappa shape index (κ2) is 8.70. The van der Waals surface area contributed by atoms with E-state index in [1.807, 2.05) is 66.7 Å². The third-order valence-corrected chi connectivity index (χ3v) is 5.08. The quantitative estimate of drug-likeness (QED) is 0.288. The van der Waals surface area contributed by atoms with Crippen molar-refractivity contribution in [1.29, 1.82) is 0 Å². The molecule has 1 heterocycles. The van der Waals surface area contributed by atoms with Gasteiger partial charge in [0.25, 0.3) is 0 Å². The second-order valence-electron chi connectivity index (χ2n) is 8.22. The van der Waals surface area contributed by atoms with Crippen LogP contribution in [0.1, 0.15) is 31.9 Å². The van der Waals surface area contributed by atoms with E-state index >= 15 is 0 Å². The van der Waals surface area contributed by atoms with Crippen LogP contribution in [0.3, 0.4) is 0 Å². The number of nitrogens with one attached hydrogen (secondary N) is 1. The maximum Gasteiger partial charge on any atom is 0.216 e. The lowest BCUT2D eigenvalue weighted by molar-refractivity contribution is 0.482. The Kier molecular flexibility index (Phi) is 5.82. The zero-order valence-corrected chi connectivity index (χ0v) is 18.6. The fourth-order valence-electron chi connectivity index (χ4n) is 3.11. The topological polar surface area (TPSA) is 55.2 Å². The van der Waals surface area contributed by atoms with Crippen LogP contribution in [-0.2, 0) is 5.41 Å². The van der Waals surface area contributed by atoms with E-state index in [4.69, 9.17) is 17.0 Å². The molecule has 0 aliphatic rings. The molecule has 0 saturated carbocycles. The van der Waals surface area contributed by atoms with Crippen LogP contribution in [0, 0.1) is 4.77 Å². The predicted octanol–water partition coefficient (Wildman–Crippen LogP) is 6.58. The van der Waals surface area contributed by atoms with Crippen molar-refractivity contribution in [3.8, 4) is 22.9 Å². The molecule has 4 aromatic rings. The van der Waals surface area contributed by atoms with Gasteiger partial charge in [-0.1, -0.05) is 75.4 Å². The molecule has 1 aromatic heterocycles. The van der Waals surface area contributed by atoms with Gasteiger partial charge in [0.2, 0.25) is 4.77 Å². The highest BCUT2D eigenvalue weighted by Crippen LogP contribution is 2.26. The molecule has 0 saturated heterocycles. The highest BCUT2D eigenvalue weighted by molar-refractivity contribution is 7.71. The molecule has 0 unspecified atom stereocenters. The van der Waals surface area contributed by atoms with Gasteiger partial charge in [-0.2, -0.15) is 14.9 Å². The van der Waals surface area contributed by atoms with E-state index in [1.54, 1.807) is 10.9 Å². The number of H-pyrrole nitrogens is 1. The number of benzene rings is 3.